The van der Waals surface area contributed by atoms with Crippen LogP contribution in [0.25, 0.3) is 0 Å². The summed E-state index contributed by atoms with van der Waals surface area (Å²) >= 11 is 6.85. The number of oxime groups is 1. The Kier molecular flexibility index (Phi) is 4.55. The third-order valence-electron chi connectivity index (χ3n) is 2.33. The van der Waals surface area contributed by atoms with Crippen molar-refractivity contribution < 1.29 is 10.1 Å². The van der Waals surface area contributed by atoms with Gasteiger partial charge in [-0.2, -0.15) is 0 Å². The standard InChI is InChI=1S/C11H8ClN5O3S/c12-6-1-2-9(14-4-6)21-11-8(10(13)16-18)3-7(5-15-11)17(19)20/h1-5,18H,(H2,13,16). The fourth-order valence-corrected chi connectivity index (χ4v) is 2.31. The fourth-order valence-electron chi connectivity index (χ4n) is 1.38. The molecule has 0 aliphatic rings. The van der Waals surface area contributed by atoms with Crippen LogP contribution in [0.5, 0.6) is 0 Å². The molecule has 0 unspecified atom stereocenters. The van der Waals surface area contributed by atoms with E-state index in [2.05, 4.69) is 15.1 Å². The molecule has 0 atom stereocenters. The maximum atomic E-state index is 10.8. The van der Waals surface area contributed by atoms with Gasteiger partial charge in [-0.1, -0.05) is 16.8 Å². The van der Waals surface area contributed by atoms with Crippen LogP contribution in [0.1, 0.15) is 5.56 Å². The number of pyridine rings is 2. The number of hydrogen-bond donors (Lipinski definition) is 2. The van der Waals surface area contributed by atoms with Gasteiger partial charge in [-0.05, 0) is 23.9 Å². The molecule has 0 spiro atoms. The number of aromatic nitrogens is 2. The molecule has 0 saturated carbocycles. The second-order valence-electron chi connectivity index (χ2n) is 3.71. The Morgan fingerprint density at radius 3 is 2.76 bits per heavy atom. The molecule has 0 radical (unpaired) electrons. The number of amidine groups is 1. The molecule has 108 valence electrons. The van der Waals surface area contributed by atoms with E-state index in [0.717, 1.165) is 18.0 Å². The average Bonchev–Trinajstić information content (AvgIpc) is 2.49. The Labute approximate surface area is 127 Å². The zero-order chi connectivity index (χ0) is 15.4. The van der Waals surface area contributed by atoms with Crippen molar-refractivity contribution in [3.63, 3.8) is 0 Å². The van der Waals surface area contributed by atoms with Crippen LogP contribution in [-0.4, -0.2) is 25.9 Å². The van der Waals surface area contributed by atoms with E-state index >= 15 is 0 Å². The molecule has 2 aromatic heterocycles. The lowest BCUT2D eigenvalue weighted by atomic mass is 10.2. The van der Waals surface area contributed by atoms with Crippen LogP contribution < -0.4 is 5.73 Å². The highest BCUT2D eigenvalue weighted by molar-refractivity contribution is 7.99. The molecule has 21 heavy (non-hydrogen) atoms. The van der Waals surface area contributed by atoms with Crippen LogP contribution in [-0.2, 0) is 0 Å². The lowest BCUT2D eigenvalue weighted by molar-refractivity contribution is -0.385. The molecule has 2 aromatic rings. The van der Waals surface area contributed by atoms with Crippen molar-refractivity contribution >= 4 is 34.9 Å². The van der Waals surface area contributed by atoms with Gasteiger partial charge in [-0.15, -0.1) is 0 Å². The summed E-state index contributed by atoms with van der Waals surface area (Å²) in [6.45, 7) is 0. The molecule has 2 heterocycles. The van der Waals surface area contributed by atoms with E-state index in [0.29, 0.717) is 15.1 Å². The van der Waals surface area contributed by atoms with Gasteiger partial charge in [0.15, 0.2) is 5.84 Å². The quantitative estimate of drug-likeness (QED) is 0.290. The molecule has 3 N–H and O–H groups in total. The summed E-state index contributed by atoms with van der Waals surface area (Å²) in [7, 11) is 0. The first kappa shape index (κ1) is 15.0. The summed E-state index contributed by atoms with van der Waals surface area (Å²) in [5.74, 6) is -0.275. The Morgan fingerprint density at radius 2 is 2.19 bits per heavy atom. The first-order valence-electron chi connectivity index (χ1n) is 5.43. The van der Waals surface area contributed by atoms with Gasteiger partial charge in [0.25, 0.3) is 5.69 Å². The Balaban J connectivity index is 2.42. The molecule has 0 saturated heterocycles. The van der Waals surface area contributed by atoms with Crippen LogP contribution in [0.15, 0.2) is 45.8 Å². The third-order valence-corrected chi connectivity index (χ3v) is 3.53. The maximum Gasteiger partial charge on any atom is 0.288 e. The molecule has 0 bridgehead atoms. The van der Waals surface area contributed by atoms with E-state index in [1.165, 1.54) is 12.3 Å². The van der Waals surface area contributed by atoms with Crippen LogP contribution in [0, 0.1) is 10.1 Å². The number of nitrogens with zero attached hydrogens (tertiary/aromatic N) is 4. The maximum absolute atomic E-state index is 10.8. The van der Waals surface area contributed by atoms with E-state index in [1.807, 2.05) is 0 Å². The van der Waals surface area contributed by atoms with E-state index in [9.17, 15) is 10.1 Å². The fraction of sp³-hybridized carbons (Fsp3) is 0. The Morgan fingerprint density at radius 1 is 1.43 bits per heavy atom. The first-order valence-corrected chi connectivity index (χ1v) is 6.62. The summed E-state index contributed by atoms with van der Waals surface area (Å²) in [4.78, 5) is 18.2. The van der Waals surface area contributed by atoms with Gasteiger partial charge in [0.1, 0.15) is 16.2 Å². The predicted octanol–water partition coefficient (Wildman–Crippen LogP) is 2.28. The highest BCUT2D eigenvalue weighted by Gasteiger charge is 2.16. The van der Waals surface area contributed by atoms with Crippen LogP contribution in [0.2, 0.25) is 5.02 Å². The largest absolute Gasteiger partial charge is 0.409 e. The van der Waals surface area contributed by atoms with Crippen molar-refractivity contribution in [3.05, 3.63) is 51.3 Å². The second-order valence-corrected chi connectivity index (χ2v) is 5.15. The van der Waals surface area contributed by atoms with Crippen molar-refractivity contribution in [2.45, 2.75) is 10.1 Å². The molecule has 0 fully saturated rings. The summed E-state index contributed by atoms with van der Waals surface area (Å²) in [5, 5.41) is 23.7. The van der Waals surface area contributed by atoms with Gasteiger partial charge >= 0.3 is 0 Å². The van der Waals surface area contributed by atoms with Gasteiger partial charge < -0.3 is 10.9 Å². The second kappa shape index (κ2) is 6.37. The summed E-state index contributed by atoms with van der Waals surface area (Å²) in [6.07, 6.45) is 2.55. The van der Waals surface area contributed by atoms with Crippen LogP contribution in [0.4, 0.5) is 5.69 Å². The van der Waals surface area contributed by atoms with Crippen molar-refractivity contribution in [1.29, 1.82) is 0 Å². The third kappa shape index (κ3) is 3.58. The average molecular weight is 326 g/mol. The summed E-state index contributed by atoms with van der Waals surface area (Å²) < 4.78 is 0. The minimum Gasteiger partial charge on any atom is -0.409 e. The summed E-state index contributed by atoms with van der Waals surface area (Å²) in [6, 6.07) is 4.48. The SMILES string of the molecule is NC(=NO)c1cc([N+](=O)[O-])cnc1Sc1ccc(Cl)cn1. The van der Waals surface area contributed by atoms with Gasteiger partial charge in [-0.3, -0.25) is 10.1 Å². The van der Waals surface area contributed by atoms with Crippen molar-refractivity contribution in [1.82, 2.24) is 9.97 Å². The molecule has 8 nitrogen and oxygen atoms in total. The number of rotatable bonds is 4. The monoisotopic (exact) mass is 325 g/mol. The Bertz CT molecular complexity index is 708. The number of halogens is 1. The van der Waals surface area contributed by atoms with Crippen molar-refractivity contribution in [2.75, 3.05) is 0 Å². The lowest BCUT2D eigenvalue weighted by Crippen LogP contribution is -2.15. The molecule has 10 heteroatoms. The molecule has 2 rings (SSSR count). The summed E-state index contributed by atoms with van der Waals surface area (Å²) in [5.41, 5.74) is 5.41. The first-order chi connectivity index (χ1) is 10.0. The van der Waals surface area contributed by atoms with E-state index < -0.39 is 4.92 Å². The Hall–Kier alpha value is -2.39. The minimum atomic E-state index is -0.615. The molecule has 0 aromatic carbocycles. The van der Waals surface area contributed by atoms with Crippen molar-refractivity contribution in [2.24, 2.45) is 10.9 Å². The van der Waals surface area contributed by atoms with Crippen LogP contribution >= 0.6 is 23.4 Å². The minimum absolute atomic E-state index is 0.147. The molecule has 0 amide bonds. The zero-order valence-corrected chi connectivity index (χ0v) is 11.9. The van der Waals surface area contributed by atoms with Gasteiger partial charge in [0.2, 0.25) is 0 Å². The smallest absolute Gasteiger partial charge is 0.288 e. The van der Waals surface area contributed by atoms with Gasteiger partial charge in [-0.25, -0.2) is 9.97 Å². The number of hydrogen-bond acceptors (Lipinski definition) is 7. The predicted molar refractivity (Wildman–Crippen MR) is 76.8 cm³/mol. The van der Waals surface area contributed by atoms with Crippen LogP contribution in [0.3, 0.4) is 0 Å². The van der Waals surface area contributed by atoms with Gasteiger partial charge in [0.05, 0.1) is 15.5 Å². The molecule has 0 aliphatic carbocycles. The highest BCUT2D eigenvalue weighted by Crippen LogP contribution is 2.29. The van der Waals surface area contributed by atoms with E-state index in [-0.39, 0.29) is 17.1 Å². The zero-order valence-electron chi connectivity index (χ0n) is 10.3. The van der Waals surface area contributed by atoms with E-state index in [4.69, 9.17) is 22.5 Å². The molecular weight excluding hydrogens is 318 g/mol. The molecular formula is C11H8ClN5O3S. The number of nitrogens with two attached hydrogens (primary N) is 1. The topological polar surface area (TPSA) is 128 Å². The number of nitro groups is 1. The molecule has 0 aliphatic heterocycles. The van der Waals surface area contributed by atoms with Gasteiger partial charge in [0, 0.05) is 12.3 Å². The lowest BCUT2D eigenvalue weighted by Gasteiger charge is -2.06. The normalized spacial score (nSPS) is 11.4. The van der Waals surface area contributed by atoms with E-state index in [1.54, 1.807) is 12.1 Å². The highest BCUT2D eigenvalue weighted by atomic mass is 35.5. The van der Waals surface area contributed by atoms with Crippen molar-refractivity contribution in [3.8, 4) is 0 Å².